The van der Waals surface area contributed by atoms with Gasteiger partial charge >= 0.3 is 0 Å². The number of hydrogen-bond donors (Lipinski definition) is 1. The van der Waals surface area contributed by atoms with Gasteiger partial charge in [0.1, 0.15) is 0 Å². The molecule has 1 aliphatic rings. The molecule has 3 atom stereocenters. The molecule has 108 valence electrons. The third-order valence-electron chi connectivity index (χ3n) is 4.00. The molecule has 1 aromatic rings. The molecule has 1 aromatic heterocycles. The van der Waals surface area contributed by atoms with Crippen LogP contribution in [0.2, 0.25) is 0 Å². The fraction of sp³-hybridized carbons (Fsp3) is 0.800. The highest BCUT2D eigenvalue weighted by molar-refractivity contribution is 7.15. The molecule has 0 radical (unpaired) electrons. The van der Waals surface area contributed by atoms with Gasteiger partial charge in [-0.25, -0.2) is 4.98 Å². The van der Waals surface area contributed by atoms with Crippen LogP contribution in [0.1, 0.15) is 57.9 Å². The Labute approximate surface area is 121 Å². The van der Waals surface area contributed by atoms with Gasteiger partial charge in [0.15, 0.2) is 5.13 Å². The quantitative estimate of drug-likeness (QED) is 0.889. The second-order valence-corrected chi connectivity index (χ2v) is 6.95. The third kappa shape index (κ3) is 3.69. The maximum absolute atomic E-state index is 4.66. The molecular weight excluding hydrogens is 254 g/mol. The van der Waals surface area contributed by atoms with Crippen LogP contribution in [0, 0.1) is 5.92 Å². The molecule has 1 aliphatic heterocycles. The van der Waals surface area contributed by atoms with E-state index < -0.39 is 0 Å². The van der Waals surface area contributed by atoms with Crippen molar-refractivity contribution in [3.63, 3.8) is 0 Å². The van der Waals surface area contributed by atoms with Crippen LogP contribution in [-0.4, -0.2) is 24.1 Å². The maximum Gasteiger partial charge on any atom is 0.185 e. The molecule has 3 unspecified atom stereocenters. The highest BCUT2D eigenvalue weighted by atomic mass is 32.1. The summed E-state index contributed by atoms with van der Waals surface area (Å²) in [4.78, 5) is 8.51. The van der Waals surface area contributed by atoms with Crippen LogP contribution in [0.3, 0.4) is 0 Å². The first kappa shape index (κ1) is 14.8. The number of hydrogen-bond acceptors (Lipinski definition) is 4. The first-order valence-electron chi connectivity index (χ1n) is 7.57. The standard InChI is InChI=1S/C15H27N3S/c1-5-8-16-13(4)14-9-17-15(19-14)18-10-11(2)6-7-12(18)3/h9,11-13,16H,5-8,10H2,1-4H3. The van der Waals surface area contributed by atoms with E-state index in [1.807, 2.05) is 11.3 Å². The molecule has 2 heterocycles. The monoisotopic (exact) mass is 281 g/mol. The minimum absolute atomic E-state index is 0.420. The van der Waals surface area contributed by atoms with Crippen LogP contribution in [0.5, 0.6) is 0 Å². The molecule has 1 fully saturated rings. The lowest BCUT2D eigenvalue weighted by molar-refractivity contribution is 0.390. The number of thiazole rings is 1. The molecule has 0 aromatic carbocycles. The Morgan fingerprint density at radius 2 is 2.26 bits per heavy atom. The van der Waals surface area contributed by atoms with Crippen LogP contribution < -0.4 is 10.2 Å². The van der Waals surface area contributed by atoms with Crippen molar-refractivity contribution in [3.05, 3.63) is 11.1 Å². The van der Waals surface area contributed by atoms with E-state index in [4.69, 9.17) is 0 Å². The van der Waals surface area contributed by atoms with Crippen molar-refractivity contribution in [1.29, 1.82) is 0 Å². The van der Waals surface area contributed by atoms with Gasteiger partial charge in [0.2, 0.25) is 0 Å². The van der Waals surface area contributed by atoms with Gasteiger partial charge in [-0.05, 0) is 45.6 Å². The molecule has 1 saturated heterocycles. The Morgan fingerprint density at radius 3 is 3.00 bits per heavy atom. The Kier molecular flexibility index (Phi) is 5.22. The van der Waals surface area contributed by atoms with Gasteiger partial charge in [-0.3, -0.25) is 0 Å². The zero-order valence-corrected chi connectivity index (χ0v) is 13.5. The molecule has 0 amide bonds. The van der Waals surface area contributed by atoms with Crippen LogP contribution in [0.15, 0.2) is 6.20 Å². The highest BCUT2D eigenvalue weighted by Crippen LogP contribution is 2.32. The number of rotatable bonds is 5. The largest absolute Gasteiger partial charge is 0.345 e. The lowest BCUT2D eigenvalue weighted by Crippen LogP contribution is -2.40. The minimum atomic E-state index is 0.420. The predicted molar refractivity (Wildman–Crippen MR) is 84.0 cm³/mol. The lowest BCUT2D eigenvalue weighted by atomic mass is 9.96. The predicted octanol–water partition coefficient (Wildman–Crippen LogP) is 3.83. The summed E-state index contributed by atoms with van der Waals surface area (Å²) in [5.74, 6) is 0.791. The molecule has 0 aliphatic carbocycles. The van der Waals surface area contributed by atoms with Gasteiger partial charge < -0.3 is 10.2 Å². The molecule has 0 bridgehead atoms. The summed E-state index contributed by atoms with van der Waals surface area (Å²) in [6, 6.07) is 1.05. The molecular formula is C15H27N3S. The molecule has 4 heteroatoms. The summed E-state index contributed by atoms with van der Waals surface area (Å²) in [5.41, 5.74) is 0. The fourth-order valence-electron chi connectivity index (χ4n) is 2.63. The molecule has 0 spiro atoms. The average molecular weight is 281 g/mol. The molecule has 2 rings (SSSR count). The first-order chi connectivity index (χ1) is 9.11. The maximum atomic E-state index is 4.66. The van der Waals surface area contributed by atoms with E-state index in [1.165, 1.54) is 29.3 Å². The summed E-state index contributed by atoms with van der Waals surface area (Å²) in [6.07, 6.45) is 5.88. The lowest BCUT2D eigenvalue weighted by Gasteiger charge is -2.36. The second-order valence-electron chi connectivity index (χ2n) is 5.90. The van der Waals surface area contributed by atoms with Gasteiger partial charge in [0, 0.05) is 29.7 Å². The van der Waals surface area contributed by atoms with Crippen molar-refractivity contribution in [2.75, 3.05) is 18.0 Å². The number of aromatic nitrogens is 1. The summed E-state index contributed by atoms with van der Waals surface area (Å²) in [6.45, 7) is 11.3. The third-order valence-corrected chi connectivity index (χ3v) is 5.22. The normalized spacial score (nSPS) is 25.6. The van der Waals surface area contributed by atoms with Crippen molar-refractivity contribution in [1.82, 2.24) is 10.3 Å². The van der Waals surface area contributed by atoms with Gasteiger partial charge in [-0.15, -0.1) is 11.3 Å². The number of nitrogens with one attached hydrogen (secondary N) is 1. The van der Waals surface area contributed by atoms with E-state index >= 15 is 0 Å². The van der Waals surface area contributed by atoms with Gasteiger partial charge in [0.05, 0.1) is 0 Å². The van der Waals surface area contributed by atoms with E-state index in [0.29, 0.717) is 12.1 Å². The van der Waals surface area contributed by atoms with Gasteiger partial charge in [0.25, 0.3) is 0 Å². The van der Waals surface area contributed by atoms with Crippen molar-refractivity contribution >= 4 is 16.5 Å². The average Bonchev–Trinajstić information content (AvgIpc) is 2.88. The van der Waals surface area contributed by atoms with Crippen LogP contribution in [0.4, 0.5) is 5.13 Å². The van der Waals surface area contributed by atoms with Crippen molar-refractivity contribution in [3.8, 4) is 0 Å². The Bertz CT molecular complexity index is 390. The van der Waals surface area contributed by atoms with E-state index in [-0.39, 0.29) is 0 Å². The van der Waals surface area contributed by atoms with Crippen molar-refractivity contribution in [2.45, 2.75) is 59.0 Å². The molecule has 1 N–H and O–H groups in total. The van der Waals surface area contributed by atoms with Gasteiger partial charge in [-0.1, -0.05) is 13.8 Å². The zero-order chi connectivity index (χ0) is 13.8. The van der Waals surface area contributed by atoms with E-state index in [0.717, 1.165) is 19.0 Å². The Hall–Kier alpha value is -0.610. The Morgan fingerprint density at radius 1 is 1.47 bits per heavy atom. The summed E-state index contributed by atoms with van der Waals surface area (Å²) in [7, 11) is 0. The first-order valence-corrected chi connectivity index (χ1v) is 8.39. The number of nitrogens with zero attached hydrogens (tertiary/aromatic N) is 2. The summed E-state index contributed by atoms with van der Waals surface area (Å²) >= 11 is 1.86. The zero-order valence-electron chi connectivity index (χ0n) is 12.6. The van der Waals surface area contributed by atoms with E-state index in [2.05, 4.69) is 49.1 Å². The Balaban J connectivity index is 2.03. The van der Waals surface area contributed by atoms with Crippen molar-refractivity contribution in [2.24, 2.45) is 5.92 Å². The topological polar surface area (TPSA) is 28.2 Å². The highest BCUT2D eigenvalue weighted by Gasteiger charge is 2.25. The van der Waals surface area contributed by atoms with Gasteiger partial charge in [-0.2, -0.15) is 0 Å². The van der Waals surface area contributed by atoms with Crippen LogP contribution in [-0.2, 0) is 0 Å². The van der Waals surface area contributed by atoms with Crippen LogP contribution >= 0.6 is 11.3 Å². The number of piperidine rings is 1. The molecule has 19 heavy (non-hydrogen) atoms. The fourth-order valence-corrected chi connectivity index (χ4v) is 3.68. The minimum Gasteiger partial charge on any atom is -0.345 e. The molecule has 0 saturated carbocycles. The van der Waals surface area contributed by atoms with E-state index in [1.54, 1.807) is 0 Å². The van der Waals surface area contributed by atoms with E-state index in [9.17, 15) is 0 Å². The van der Waals surface area contributed by atoms with Crippen molar-refractivity contribution < 1.29 is 0 Å². The molecule has 3 nitrogen and oxygen atoms in total. The summed E-state index contributed by atoms with van der Waals surface area (Å²) in [5, 5.41) is 4.74. The summed E-state index contributed by atoms with van der Waals surface area (Å²) < 4.78 is 0. The smallest absolute Gasteiger partial charge is 0.185 e. The SMILES string of the molecule is CCCNC(C)c1cnc(N2CC(C)CCC2C)s1. The second kappa shape index (κ2) is 6.71. The van der Waals surface area contributed by atoms with Crippen LogP contribution in [0.25, 0.3) is 0 Å². The number of anilines is 1.